The van der Waals surface area contributed by atoms with Crippen molar-refractivity contribution >= 4 is 5.91 Å². The van der Waals surface area contributed by atoms with E-state index in [1.54, 1.807) is 0 Å². The molecule has 0 radical (unpaired) electrons. The Bertz CT molecular complexity index is 406. The molecule has 1 rings (SSSR count). The molecule has 0 aliphatic carbocycles. The topological polar surface area (TPSA) is 29.1 Å². The fourth-order valence-corrected chi connectivity index (χ4v) is 2.35. The van der Waals surface area contributed by atoms with Crippen LogP contribution in [0.2, 0.25) is 0 Å². The molecule has 2 nitrogen and oxygen atoms in total. The van der Waals surface area contributed by atoms with Gasteiger partial charge in [-0.1, -0.05) is 65.5 Å². The van der Waals surface area contributed by atoms with Gasteiger partial charge in [0.25, 0.3) is 5.91 Å². The Kier molecular flexibility index (Phi) is 8.11. The summed E-state index contributed by atoms with van der Waals surface area (Å²) in [7, 11) is 0. The lowest BCUT2D eigenvalue weighted by molar-refractivity contribution is 0.0953. The highest BCUT2D eigenvalue weighted by Crippen LogP contribution is 2.14. The third-order valence-corrected chi connectivity index (χ3v) is 3.83. The van der Waals surface area contributed by atoms with Crippen molar-refractivity contribution in [2.75, 3.05) is 6.54 Å². The molecule has 1 aromatic carbocycles. The summed E-state index contributed by atoms with van der Waals surface area (Å²) in [6, 6.07) is 7.94. The van der Waals surface area contributed by atoms with Gasteiger partial charge in [0.05, 0.1) is 0 Å². The summed E-state index contributed by atoms with van der Waals surface area (Å²) in [5.74, 6) is 1.36. The van der Waals surface area contributed by atoms with Crippen LogP contribution in [-0.4, -0.2) is 12.5 Å². The van der Waals surface area contributed by atoms with Crippen molar-refractivity contribution < 1.29 is 4.79 Å². The van der Waals surface area contributed by atoms with E-state index in [0.717, 1.165) is 24.4 Å². The van der Waals surface area contributed by atoms with Gasteiger partial charge in [0.15, 0.2) is 0 Å². The van der Waals surface area contributed by atoms with Crippen LogP contribution in [0.4, 0.5) is 0 Å². The van der Waals surface area contributed by atoms with E-state index < -0.39 is 0 Å². The van der Waals surface area contributed by atoms with Gasteiger partial charge in [-0.25, -0.2) is 0 Å². The van der Waals surface area contributed by atoms with Gasteiger partial charge in [0.2, 0.25) is 0 Å². The molecule has 0 fully saturated rings. The number of carbonyl (C=O) groups is 1. The number of hydrogen-bond donors (Lipinski definition) is 1. The first kappa shape index (κ1) is 17.7. The van der Waals surface area contributed by atoms with Gasteiger partial charge in [-0.2, -0.15) is 0 Å². The van der Waals surface area contributed by atoms with Crippen molar-refractivity contribution in [1.29, 1.82) is 0 Å². The van der Waals surface area contributed by atoms with Gasteiger partial charge in [-0.3, -0.25) is 4.79 Å². The van der Waals surface area contributed by atoms with Gasteiger partial charge in [0.1, 0.15) is 0 Å². The fraction of sp³-hybridized carbons (Fsp3) is 0.632. The predicted molar refractivity (Wildman–Crippen MR) is 90.8 cm³/mol. The van der Waals surface area contributed by atoms with E-state index in [2.05, 4.69) is 33.0 Å². The van der Waals surface area contributed by atoms with Crippen molar-refractivity contribution in [3.05, 3.63) is 35.4 Å². The van der Waals surface area contributed by atoms with Crippen LogP contribution in [0.5, 0.6) is 0 Å². The highest BCUT2D eigenvalue weighted by atomic mass is 16.1. The predicted octanol–water partition coefficient (Wildman–Crippen LogP) is 5.15. The molecular formula is C19H31NO. The van der Waals surface area contributed by atoms with Crippen LogP contribution in [0.3, 0.4) is 0 Å². The first-order chi connectivity index (χ1) is 10.0. The zero-order valence-electron chi connectivity index (χ0n) is 14.1. The quantitative estimate of drug-likeness (QED) is 0.626. The average molecular weight is 289 g/mol. The summed E-state index contributed by atoms with van der Waals surface area (Å²) >= 11 is 0. The highest BCUT2D eigenvalue weighted by molar-refractivity contribution is 5.94. The van der Waals surface area contributed by atoms with E-state index in [-0.39, 0.29) is 5.91 Å². The fourth-order valence-electron chi connectivity index (χ4n) is 2.35. The minimum Gasteiger partial charge on any atom is -0.352 e. The Balaban J connectivity index is 2.19. The number of hydrogen-bond acceptors (Lipinski definition) is 1. The summed E-state index contributed by atoms with van der Waals surface area (Å²) in [4.78, 5) is 12.0. The summed E-state index contributed by atoms with van der Waals surface area (Å²) in [5.41, 5.74) is 2.04. The molecule has 0 saturated heterocycles. The molecule has 0 bridgehead atoms. The van der Waals surface area contributed by atoms with Crippen molar-refractivity contribution in [3.63, 3.8) is 0 Å². The van der Waals surface area contributed by atoms with E-state index in [9.17, 15) is 4.79 Å². The lowest BCUT2D eigenvalue weighted by Gasteiger charge is -2.08. The van der Waals surface area contributed by atoms with Gasteiger partial charge in [-0.05, 0) is 36.0 Å². The SMILES string of the molecule is CC(C)CCCCCCNC(=O)c1ccc(C(C)C)cc1. The second kappa shape index (κ2) is 9.59. The minimum absolute atomic E-state index is 0.0486. The molecule has 0 heterocycles. The molecule has 0 unspecified atom stereocenters. The van der Waals surface area contributed by atoms with Crippen molar-refractivity contribution in [1.82, 2.24) is 5.32 Å². The van der Waals surface area contributed by atoms with Crippen LogP contribution in [0.25, 0.3) is 0 Å². The molecule has 0 aliphatic rings. The third-order valence-electron chi connectivity index (χ3n) is 3.83. The summed E-state index contributed by atoms with van der Waals surface area (Å²) < 4.78 is 0. The zero-order valence-corrected chi connectivity index (χ0v) is 14.1. The van der Waals surface area contributed by atoms with Crippen molar-refractivity contribution in [2.24, 2.45) is 5.92 Å². The maximum atomic E-state index is 12.0. The lowest BCUT2D eigenvalue weighted by Crippen LogP contribution is -2.24. The van der Waals surface area contributed by atoms with Crippen LogP contribution in [0.15, 0.2) is 24.3 Å². The summed E-state index contributed by atoms with van der Waals surface area (Å²) in [6.07, 6.45) is 6.18. The van der Waals surface area contributed by atoms with Crippen molar-refractivity contribution in [2.45, 2.75) is 65.7 Å². The largest absolute Gasteiger partial charge is 0.352 e. The molecule has 1 N–H and O–H groups in total. The Morgan fingerprint density at radius 1 is 0.952 bits per heavy atom. The van der Waals surface area contributed by atoms with Crippen LogP contribution in [0.1, 0.15) is 81.6 Å². The molecule has 1 aromatic rings. The standard InChI is InChI=1S/C19H31NO/c1-15(2)9-7-5-6-8-14-20-19(21)18-12-10-17(11-13-18)16(3)4/h10-13,15-16H,5-9,14H2,1-4H3,(H,20,21). The Morgan fingerprint density at radius 3 is 2.14 bits per heavy atom. The lowest BCUT2D eigenvalue weighted by atomic mass is 10.0. The number of amides is 1. The first-order valence-electron chi connectivity index (χ1n) is 8.39. The van der Waals surface area contributed by atoms with E-state index >= 15 is 0 Å². The number of nitrogens with one attached hydrogen (secondary N) is 1. The van der Waals surface area contributed by atoms with Crippen LogP contribution in [-0.2, 0) is 0 Å². The van der Waals surface area contributed by atoms with Gasteiger partial charge < -0.3 is 5.32 Å². The number of rotatable bonds is 9. The Hall–Kier alpha value is -1.31. The van der Waals surface area contributed by atoms with Gasteiger partial charge in [0, 0.05) is 12.1 Å². The molecule has 0 saturated carbocycles. The van der Waals surface area contributed by atoms with Crippen LogP contribution in [0, 0.1) is 5.92 Å². The third kappa shape index (κ3) is 7.31. The monoisotopic (exact) mass is 289 g/mol. The number of benzene rings is 1. The van der Waals surface area contributed by atoms with E-state index in [0.29, 0.717) is 5.92 Å². The second-order valence-corrected chi connectivity index (χ2v) is 6.63. The van der Waals surface area contributed by atoms with E-state index in [1.165, 1.54) is 31.2 Å². The Labute approximate surface area is 130 Å². The average Bonchev–Trinajstić information content (AvgIpc) is 2.45. The molecule has 0 spiro atoms. The number of carbonyl (C=O) groups excluding carboxylic acids is 1. The van der Waals surface area contributed by atoms with Gasteiger partial charge >= 0.3 is 0 Å². The molecule has 118 valence electrons. The van der Waals surface area contributed by atoms with E-state index in [4.69, 9.17) is 0 Å². The minimum atomic E-state index is 0.0486. The summed E-state index contributed by atoms with van der Waals surface area (Å²) in [6.45, 7) is 9.64. The molecule has 2 heteroatoms. The molecule has 0 atom stereocenters. The maximum Gasteiger partial charge on any atom is 0.251 e. The highest BCUT2D eigenvalue weighted by Gasteiger charge is 2.05. The molecule has 21 heavy (non-hydrogen) atoms. The van der Waals surface area contributed by atoms with E-state index in [1.807, 2.05) is 24.3 Å². The van der Waals surface area contributed by atoms with Gasteiger partial charge in [-0.15, -0.1) is 0 Å². The molecule has 1 amide bonds. The van der Waals surface area contributed by atoms with Crippen molar-refractivity contribution in [3.8, 4) is 0 Å². The second-order valence-electron chi connectivity index (χ2n) is 6.63. The molecular weight excluding hydrogens is 258 g/mol. The molecule has 0 aliphatic heterocycles. The normalized spacial score (nSPS) is 11.1. The first-order valence-corrected chi connectivity index (χ1v) is 8.39. The smallest absolute Gasteiger partial charge is 0.251 e. The Morgan fingerprint density at radius 2 is 1.57 bits per heavy atom. The summed E-state index contributed by atoms with van der Waals surface area (Å²) in [5, 5.41) is 3.01. The van der Waals surface area contributed by atoms with Crippen LogP contribution < -0.4 is 5.32 Å². The van der Waals surface area contributed by atoms with Crippen LogP contribution >= 0.6 is 0 Å². The maximum absolute atomic E-state index is 12.0. The number of unbranched alkanes of at least 4 members (excludes halogenated alkanes) is 3. The zero-order chi connectivity index (χ0) is 15.7. The molecule has 0 aromatic heterocycles.